The van der Waals surface area contributed by atoms with Crippen LogP contribution in [0.5, 0.6) is 5.75 Å². The van der Waals surface area contributed by atoms with E-state index in [-0.39, 0.29) is 11.9 Å². The summed E-state index contributed by atoms with van der Waals surface area (Å²) in [5.74, 6) is 1.47. The minimum absolute atomic E-state index is 0.0116. The van der Waals surface area contributed by atoms with E-state index in [0.29, 0.717) is 36.9 Å². The van der Waals surface area contributed by atoms with Gasteiger partial charge in [-0.1, -0.05) is 31.4 Å². The average molecular weight is 389 g/mol. The van der Waals surface area contributed by atoms with Crippen LogP contribution in [0.1, 0.15) is 51.4 Å². The van der Waals surface area contributed by atoms with E-state index in [1.807, 2.05) is 29.2 Å². The van der Waals surface area contributed by atoms with Gasteiger partial charge in [0.15, 0.2) is 0 Å². The maximum atomic E-state index is 12.7. The number of carbonyl (C=O) groups is 2. The summed E-state index contributed by atoms with van der Waals surface area (Å²) in [5.41, 5.74) is 0.712. The Balaban J connectivity index is 1.63. The fourth-order valence-electron chi connectivity index (χ4n) is 4.51. The lowest BCUT2D eigenvalue weighted by molar-refractivity contribution is -0.133. The largest absolute Gasteiger partial charge is 0.495 e. The van der Waals surface area contributed by atoms with Crippen molar-refractivity contribution in [2.75, 3.05) is 32.2 Å². The molecule has 1 aromatic rings. The number of carbonyl (C=O) groups excluding carboxylic acids is 2. The molecule has 6 nitrogen and oxygen atoms in total. The predicted molar refractivity (Wildman–Crippen MR) is 109 cm³/mol. The lowest BCUT2D eigenvalue weighted by Gasteiger charge is -2.38. The molecule has 0 N–H and O–H groups in total. The molecule has 1 saturated carbocycles. The summed E-state index contributed by atoms with van der Waals surface area (Å²) in [7, 11) is 2.99. The average Bonchev–Trinajstić information content (AvgIpc) is 2.75. The van der Waals surface area contributed by atoms with Crippen molar-refractivity contribution in [3.05, 3.63) is 24.3 Å². The normalized spacial score (nSPS) is 18.6. The Hall–Kier alpha value is -2.24. The molecular weight excluding hydrogens is 356 g/mol. The molecule has 0 radical (unpaired) electrons. The molecule has 0 bridgehead atoms. The maximum Gasteiger partial charge on any atom is 0.414 e. The summed E-state index contributed by atoms with van der Waals surface area (Å²) in [6.07, 6.45) is 7.96. The number of hydrogen-bond donors (Lipinski definition) is 0. The first-order valence-corrected chi connectivity index (χ1v) is 10.4. The first-order chi connectivity index (χ1) is 13.6. The predicted octanol–water partition coefficient (Wildman–Crippen LogP) is 4.23. The number of hydrogen-bond acceptors (Lipinski definition) is 4. The molecule has 1 saturated heterocycles. The molecule has 0 atom stereocenters. The summed E-state index contributed by atoms with van der Waals surface area (Å²) in [5, 5.41) is 0. The summed E-state index contributed by atoms with van der Waals surface area (Å²) >= 11 is 0. The van der Waals surface area contributed by atoms with E-state index in [2.05, 4.69) is 0 Å². The highest BCUT2D eigenvalue weighted by atomic mass is 16.5. The highest BCUT2D eigenvalue weighted by Gasteiger charge is 2.33. The summed E-state index contributed by atoms with van der Waals surface area (Å²) < 4.78 is 10.5. The summed E-state index contributed by atoms with van der Waals surface area (Å²) in [6.45, 7) is 1.36. The molecule has 1 heterocycles. The van der Waals surface area contributed by atoms with Crippen molar-refractivity contribution in [3.8, 4) is 5.75 Å². The van der Waals surface area contributed by atoms with Gasteiger partial charge in [0.1, 0.15) is 5.75 Å². The number of rotatable bonds is 5. The fourth-order valence-corrected chi connectivity index (χ4v) is 4.51. The van der Waals surface area contributed by atoms with Crippen molar-refractivity contribution in [2.24, 2.45) is 5.92 Å². The molecule has 0 unspecified atom stereocenters. The maximum absolute atomic E-state index is 12.7. The smallest absolute Gasteiger partial charge is 0.414 e. The lowest BCUT2D eigenvalue weighted by atomic mass is 9.86. The van der Waals surface area contributed by atoms with Gasteiger partial charge in [-0.2, -0.15) is 0 Å². The number of benzene rings is 1. The van der Waals surface area contributed by atoms with Crippen LogP contribution in [0.2, 0.25) is 0 Å². The standard InChI is InChI=1S/C22H32N2O4/c1-27-20-11-7-6-10-19(20)24(22(26)28-2)18-12-14-23(15-13-18)21(25)16-17-8-4-3-5-9-17/h6-7,10-11,17-18H,3-5,8-9,12-16H2,1-2H3. The van der Waals surface area contributed by atoms with Gasteiger partial charge in [-0.25, -0.2) is 4.79 Å². The zero-order valence-corrected chi connectivity index (χ0v) is 17.1. The monoisotopic (exact) mass is 388 g/mol. The van der Waals surface area contributed by atoms with Gasteiger partial charge in [0.25, 0.3) is 0 Å². The molecule has 154 valence electrons. The molecule has 0 spiro atoms. The molecule has 2 aliphatic rings. The lowest BCUT2D eigenvalue weighted by Crippen LogP contribution is -2.49. The molecule has 1 aliphatic carbocycles. The Morgan fingerprint density at radius 1 is 1.04 bits per heavy atom. The molecule has 1 aromatic carbocycles. The van der Waals surface area contributed by atoms with Gasteiger partial charge in [0, 0.05) is 25.6 Å². The molecule has 2 amide bonds. The van der Waals surface area contributed by atoms with E-state index in [0.717, 1.165) is 12.8 Å². The minimum Gasteiger partial charge on any atom is -0.495 e. The van der Waals surface area contributed by atoms with Crippen molar-refractivity contribution in [2.45, 2.75) is 57.4 Å². The quantitative estimate of drug-likeness (QED) is 0.757. The van der Waals surface area contributed by atoms with Crippen LogP contribution in [0.15, 0.2) is 24.3 Å². The number of piperidine rings is 1. The van der Waals surface area contributed by atoms with E-state index in [1.54, 1.807) is 12.0 Å². The van der Waals surface area contributed by atoms with Crippen LogP contribution in [-0.4, -0.2) is 50.3 Å². The third-order valence-corrected chi connectivity index (χ3v) is 6.09. The highest BCUT2D eigenvalue weighted by molar-refractivity contribution is 5.90. The number of ether oxygens (including phenoxy) is 2. The number of methoxy groups -OCH3 is 2. The topological polar surface area (TPSA) is 59.1 Å². The number of likely N-dealkylation sites (tertiary alicyclic amines) is 1. The van der Waals surface area contributed by atoms with E-state index in [9.17, 15) is 9.59 Å². The van der Waals surface area contributed by atoms with Gasteiger partial charge >= 0.3 is 6.09 Å². The zero-order valence-electron chi connectivity index (χ0n) is 17.1. The van der Waals surface area contributed by atoms with Crippen molar-refractivity contribution in [3.63, 3.8) is 0 Å². The number of amides is 2. The Morgan fingerprint density at radius 2 is 1.71 bits per heavy atom. The second-order valence-corrected chi connectivity index (χ2v) is 7.83. The minimum atomic E-state index is -0.392. The van der Waals surface area contributed by atoms with E-state index in [4.69, 9.17) is 9.47 Å². The molecular formula is C22H32N2O4. The van der Waals surface area contributed by atoms with Crippen LogP contribution in [-0.2, 0) is 9.53 Å². The van der Waals surface area contributed by atoms with Crippen molar-refractivity contribution in [1.82, 2.24) is 4.90 Å². The number of anilines is 1. The van der Waals surface area contributed by atoms with Crippen molar-refractivity contribution >= 4 is 17.7 Å². The van der Waals surface area contributed by atoms with Gasteiger partial charge < -0.3 is 14.4 Å². The van der Waals surface area contributed by atoms with Gasteiger partial charge in [0.05, 0.1) is 19.9 Å². The Bertz CT molecular complexity index is 664. The summed E-state index contributed by atoms with van der Waals surface area (Å²) in [6, 6.07) is 7.47. The highest BCUT2D eigenvalue weighted by Crippen LogP contribution is 2.33. The third kappa shape index (κ3) is 4.78. The van der Waals surface area contributed by atoms with Crippen LogP contribution in [0.25, 0.3) is 0 Å². The second kappa shape index (κ2) is 9.80. The van der Waals surface area contributed by atoms with E-state index < -0.39 is 6.09 Å². The van der Waals surface area contributed by atoms with Crippen LogP contribution < -0.4 is 9.64 Å². The zero-order chi connectivity index (χ0) is 19.9. The van der Waals surface area contributed by atoms with E-state index >= 15 is 0 Å². The van der Waals surface area contributed by atoms with Crippen molar-refractivity contribution < 1.29 is 19.1 Å². The molecule has 0 aromatic heterocycles. The van der Waals surface area contributed by atoms with Crippen LogP contribution in [0.4, 0.5) is 10.5 Å². The second-order valence-electron chi connectivity index (χ2n) is 7.83. The van der Waals surface area contributed by atoms with Gasteiger partial charge in [-0.3, -0.25) is 9.69 Å². The molecule has 3 rings (SSSR count). The molecule has 1 aliphatic heterocycles. The molecule has 28 heavy (non-hydrogen) atoms. The van der Waals surface area contributed by atoms with Crippen molar-refractivity contribution in [1.29, 1.82) is 0 Å². The SMILES string of the molecule is COC(=O)N(c1ccccc1OC)C1CCN(C(=O)CC2CCCCC2)CC1. The molecule has 6 heteroatoms. The molecule has 2 fully saturated rings. The Morgan fingerprint density at radius 3 is 2.36 bits per heavy atom. The number of para-hydroxylation sites is 2. The summed E-state index contributed by atoms with van der Waals surface area (Å²) in [4.78, 5) is 28.9. The Labute approximate surface area is 167 Å². The number of nitrogens with zero attached hydrogens (tertiary/aromatic N) is 2. The third-order valence-electron chi connectivity index (χ3n) is 6.09. The first kappa shape index (κ1) is 20.5. The van der Waals surface area contributed by atoms with Gasteiger partial charge in [-0.05, 0) is 43.7 Å². The van der Waals surface area contributed by atoms with Crippen LogP contribution in [0, 0.1) is 5.92 Å². The van der Waals surface area contributed by atoms with Gasteiger partial charge in [0.2, 0.25) is 5.91 Å². The Kier molecular flexibility index (Phi) is 7.18. The first-order valence-electron chi connectivity index (χ1n) is 10.4. The van der Waals surface area contributed by atoms with Crippen LogP contribution >= 0.6 is 0 Å². The fraction of sp³-hybridized carbons (Fsp3) is 0.636. The van der Waals surface area contributed by atoms with E-state index in [1.165, 1.54) is 39.2 Å². The van der Waals surface area contributed by atoms with Crippen LogP contribution in [0.3, 0.4) is 0 Å². The van der Waals surface area contributed by atoms with Gasteiger partial charge in [-0.15, -0.1) is 0 Å².